The van der Waals surface area contributed by atoms with E-state index in [2.05, 4.69) is 5.32 Å². The Morgan fingerprint density at radius 3 is 2.30 bits per heavy atom. The zero-order valence-corrected chi connectivity index (χ0v) is 36.3. The molecule has 16 nitrogen and oxygen atoms in total. The molecule has 1 saturated heterocycles. The second-order valence-corrected chi connectivity index (χ2v) is 18.1. The molecule has 11 atom stereocenters. The van der Waals surface area contributed by atoms with Gasteiger partial charge in [-0.05, 0) is 69.9 Å². The number of benzene rings is 1. The summed E-state index contributed by atoms with van der Waals surface area (Å²) in [6.45, 7) is 11.9. The van der Waals surface area contributed by atoms with Crippen molar-refractivity contribution in [1.29, 1.82) is 0 Å². The van der Waals surface area contributed by atoms with Crippen molar-refractivity contribution in [1.82, 2.24) is 5.32 Å². The second-order valence-electron chi connectivity index (χ2n) is 18.1. The summed E-state index contributed by atoms with van der Waals surface area (Å²) in [7, 11) is 1.41. The number of carbonyl (C=O) groups is 6. The van der Waals surface area contributed by atoms with Crippen LogP contribution in [-0.4, -0.2) is 118 Å². The highest BCUT2D eigenvalue weighted by molar-refractivity contribution is 5.96. The minimum atomic E-state index is -2.39. The number of fused-ring (bicyclic) bond motifs is 5. The maximum absolute atomic E-state index is 15.6. The Kier molecular flexibility index (Phi) is 12.7. The molecule has 4 aliphatic carbocycles. The van der Waals surface area contributed by atoms with Gasteiger partial charge in [0.2, 0.25) is 5.91 Å². The molecule has 1 aromatic rings. The van der Waals surface area contributed by atoms with Gasteiger partial charge in [-0.1, -0.05) is 44.9 Å². The molecular formula is C45H59NO15. The molecule has 334 valence electrons. The maximum atomic E-state index is 15.6. The summed E-state index contributed by atoms with van der Waals surface area (Å²) >= 11 is 0. The molecule has 1 aromatic carbocycles. The molecule has 4 N–H and O–H groups in total. The van der Waals surface area contributed by atoms with E-state index in [4.69, 9.17) is 28.4 Å². The molecule has 6 rings (SSSR count). The highest BCUT2D eigenvalue weighted by Crippen LogP contribution is 2.64. The van der Waals surface area contributed by atoms with Crippen LogP contribution in [0.3, 0.4) is 0 Å². The zero-order valence-electron chi connectivity index (χ0n) is 36.3. The molecule has 0 unspecified atom stereocenters. The monoisotopic (exact) mass is 853 g/mol. The average Bonchev–Trinajstić information content (AvgIpc) is 3.17. The number of rotatable bonds is 12. The van der Waals surface area contributed by atoms with Crippen molar-refractivity contribution < 1.29 is 72.5 Å². The molecule has 3 saturated carbocycles. The lowest BCUT2D eigenvalue weighted by molar-refractivity contribution is -0.346. The number of esters is 4. The number of allylic oxidation sites excluding steroid dienone is 1. The summed E-state index contributed by atoms with van der Waals surface area (Å²) in [6.07, 6.45) is -6.78. The second kappa shape index (κ2) is 16.9. The Labute approximate surface area is 355 Å². The molecule has 0 aromatic heterocycles. The molecule has 1 heterocycles. The van der Waals surface area contributed by atoms with Crippen LogP contribution in [-0.2, 0) is 47.7 Å². The molecule has 5 aliphatic rings. The molecule has 16 heteroatoms. The van der Waals surface area contributed by atoms with Crippen molar-refractivity contribution in [3.8, 4) is 5.75 Å². The Bertz CT molecular complexity index is 2020. The van der Waals surface area contributed by atoms with Crippen molar-refractivity contribution in [2.24, 2.45) is 22.7 Å². The Balaban J connectivity index is 1.56. The van der Waals surface area contributed by atoms with E-state index in [0.717, 1.165) is 13.3 Å². The number of hydrogen-bond acceptors (Lipinski definition) is 15. The number of ether oxygens (including phenoxy) is 6. The van der Waals surface area contributed by atoms with E-state index in [1.165, 1.54) is 39.2 Å². The zero-order chi connectivity index (χ0) is 45.0. The van der Waals surface area contributed by atoms with E-state index in [9.17, 15) is 39.3 Å². The van der Waals surface area contributed by atoms with Gasteiger partial charge in [0.1, 0.15) is 29.7 Å². The Morgan fingerprint density at radius 2 is 1.74 bits per heavy atom. The number of nitrogens with one attached hydrogen (secondary N) is 1. The summed E-state index contributed by atoms with van der Waals surface area (Å²) in [6, 6.07) is 4.83. The average molecular weight is 854 g/mol. The van der Waals surface area contributed by atoms with Crippen LogP contribution in [0.1, 0.15) is 104 Å². The van der Waals surface area contributed by atoms with Crippen LogP contribution in [0.25, 0.3) is 0 Å². The molecule has 4 fully saturated rings. The summed E-state index contributed by atoms with van der Waals surface area (Å²) in [5.74, 6) is -6.43. The number of carbonyl (C=O) groups excluding carboxylic acids is 6. The third-order valence-corrected chi connectivity index (χ3v) is 13.9. The van der Waals surface area contributed by atoms with Crippen LogP contribution in [0.2, 0.25) is 0 Å². The first-order chi connectivity index (χ1) is 28.6. The number of Topliss-reactive ketones (excluding diaryl/α,β-unsaturated/α-hetero) is 1. The van der Waals surface area contributed by atoms with E-state index >= 15 is 4.79 Å². The highest BCUT2D eigenvalue weighted by atomic mass is 16.6. The van der Waals surface area contributed by atoms with E-state index in [0.29, 0.717) is 24.2 Å². The van der Waals surface area contributed by atoms with E-state index in [-0.39, 0.29) is 48.0 Å². The minimum absolute atomic E-state index is 0.00646. The number of methoxy groups -OCH3 is 1. The molecule has 2 bridgehead atoms. The minimum Gasteiger partial charge on any atom is -0.497 e. The van der Waals surface area contributed by atoms with Gasteiger partial charge in [-0.3, -0.25) is 19.2 Å². The van der Waals surface area contributed by atoms with Gasteiger partial charge in [0.05, 0.1) is 42.8 Å². The van der Waals surface area contributed by atoms with Crippen LogP contribution in [0.15, 0.2) is 47.1 Å². The van der Waals surface area contributed by atoms with E-state index < -0.39 is 107 Å². The molecule has 0 spiro atoms. The van der Waals surface area contributed by atoms with Gasteiger partial charge >= 0.3 is 23.9 Å². The van der Waals surface area contributed by atoms with Gasteiger partial charge in [0.25, 0.3) is 0 Å². The smallest absolute Gasteiger partial charge is 0.338 e. The summed E-state index contributed by atoms with van der Waals surface area (Å²) < 4.78 is 35.8. The van der Waals surface area contributed by atoms with Crippen LogP contribution in [0.5, 0.6) is 5.75 Å². The first-order valence-electron chi connectivity index (χ1n) is 20.9. The number of aliphatic hydroxyl groups excluding tert-OH is 2. The summed E-state index contributed by atoms with van der Waals surface area (Å²) in [5, 5.41) is 40.1. The number of aliphatic hydroxyl groups is 3. The number of hydrogen-bond donors (Lipinski definition) is 4. The molecule has 0 radical (unpaired) electrons. The Morgan fingerprint density at radius 1 is 1.05 bits per heavy atom. The fourth-order valence-electron chi connectivity index (χ4n) is 10.1. The Hall–Kier alpha value is -4.64. The van der Waals surface area contributed by atoms with Crippen LogP contribution in [0, 0.1) is 22.7 Å². The fourth-order valence-corrected chi connectivity index (χ4v) is 10.1. The van der Waals surface area contributed by atoms with Gasteiger partial charge in [-0.25, -0.2) is 9.59 Å². The van der Waals surface area contributed by atoms with Gasteiger partial charge in [0.15, 0.2) is 23.6 Å². The number of amides is 1. The molecular weight excluding hydrogens is 794 g/mol. The lowest BCUT2D eigenvalue weighted by atomic mass is 9.44. The fraction of sp³-hybridized carbons (Fsp3) is 0.644. The first-order valence-corrected chi connectivity index (χ1v) is 20.9. The SMILES string of the molecule is CCC(=O)O[C@H]1C(=O)[C@@]2(C)[C@H]([C@H](OC(=O)c3cccc(OC)c3)[C@]3(O)C[C@H](OC(=O)[C@H](O)[C@H](C=C(C)C)NC(=O)C4CCC4)C(C)=C1C3(C)C)[C@]1(OC(C)=O)CO[C@@H]1C[C@@H]2O. The predicted molar refractivity (Wildman–Crippen MR) is 214 cm³/mol. The molecule has 1 aliphatic heterocycles. The third-order valence-electron chi connectivity index (χ3n) is 13.9. The maximum Gasteiger partial charge on any atom is 0.338 e. The van der Waals surface area contributed by atoms with Gasteiger partial charge in [-0.15, -0.1) is 0 Å². The molecule has 61 heavy (non-hydrogen) atoms. The number of ketones is 1. The standard InChI is InChI=1S/C45H59NO15/c1-10-32(49)59-35-33-23(4)29(58-41(54)34(50)28(17-22(2)3)46-39(52)25-13-11-14-25)20-45(55,42(33,6)7)38(60-40(53)26-15-12-16-27(18-26)56-9)36-43(8,37(35)51)30(48)19-31-44(36,21-57-31)61-24(5)47/h12,15-18,25,28-31,34-36,38,48,50,55H,10-11,13-14,19-21H2,1-9H3,(H,46,52)/t28-,29-,30-,31+,34+,35+,36-,38-,43+,44-,45+/m0/s1. The van der Waals surface area contributed by atoms with Crippen LogP contribution in [0.4, 0.5) is 0 Å². The normalized spacial score (nSPS) is 33.6. The summed E-state index contributed by atoms with van der Waals surface area (Å²) in [4.78, 5) is 83.5. The quantitative estimate of drug-likeness (QED) is 0.134. The van der Waals surface area contributed by atoms with Crippen molar-refractivity contribution in [3.05, 3.63) is 52.6 Å². The predicted octanol–water partition coefficient (Wildman–Crippen LogP) is 3.21. The van der Waals surface area contributed by atoms with Gasteiger partial charge < -0.3 is 49.1 Å². The third kappa shape index (κ3) is 7.78. The van der Waals surface area contributed by atoms with E-state index in [1.54, 1.807) is 46.8 Å². The van der Waals surface area contributed by atoms with Crippen LogP contribution < -0.4 is 10.1 Å². The lowest BCUT2D eigenvalue weighted by Crippen LogP contribution is -2.82. The van der Waals surface area contributed by atoms with Gasteiger partial charge in [0, 0.05) is 37.5 Å². The lowest BCUT2D eigenvalue weighted by Gasteiger charge is -2.67. The van der Waals surface area contributed by atoms with Crippen molar-refractivity contribution in [3.63, 3.8) is 0 Å². The van der Waals surface area contributed by atoms with E-state index in [1.807, 2.05) is 0 Å². The first kappa shape index (κ1) is 45.9. The van der Waals surface area contributed by atoms with Gasteiger partial charge in [-0.2, -0.15) is 0 Å². The van der Waals surface area contributed by atoms with Crippen molar-refractivity contribution in [2.45, 2.75) is 148 Å². The molecule has 1 amide bonds. The van der Waals surface area contributed by atoms with Crippen LogP contribution >= 0.6 is 0 Å². The van der Waals surface area contributed by atoms with Crippen molar-refractivity contribution >= 4 is 35.6 Å². The topological polar surface area (TPSA) is 231 Å². The largest absolute Gasteiger partial charge is 0.497 e. The van der Waals surface area contributed by atoms with Crippen molar-refractivity contribution in [2.75, 3.05) is 13.7 Å². The summed E-state index contributed by atoms with van der Waals surface area (Å²) in [5.41, 5.74) is -6.99. The highest BCUT2D eigenvalue weighted by Gasteiger charge is 2.78.